The Labute approximate surface area is 132 Å². The minimum absolute atomic E-state index is 0.616. The van der Waals surface area contributed by atoms with Gasteiger partial charge < -0.3 is 14.6 Å². The lowest BCUT2D eigenvalue weighted by atomic mass is 9.96. The molecule has 0 bridgehead atoms. The Morgan fingerprint density at radius 2 is 1.95 bits per heavy atom. The number of methoxy groups -OCH3 is 1. The van der Waals surface area contributed by atoms with Gasteiger partial charge >= 0.3 is 0 Å². The van der Waals surface area contributed by atoms with E-state index in [4.69, 9.17) is 9.47 Å². The van der Waals surface area contributed by atoms with Crippen molar-refractivity contribution in [1.82, 2.24) is 0 Å². The topological polar surface area (TPSA) is 38.7 Å². The summed E-state index contributed by atoms with van der Waals surface area (Å²) in [4.78, 5) is 0. The summed E-state index contributed by atoms with van der Waals surface area (Å²) in [6.07, 6.45) is -0.720. The molecule has 1 unspecified atom stereocenters. The van der Waals surface area contributed by atoms with Crippen LogP contribution in [0.15, 0.2) is 34.8 Å². The number of halogens is 1. The Balaban J connectivity index is 2.02. The van der Waals surface area contributed by atoms with Crippen molar-refractivity contribution in [3.8, 4) is 5.75 Å². The fourth-order valence-electron chi connectivity index (χ4n) is 2.60. The molecule has 110 valence electrons. The van der Waals surface area contributed by atoms with E-state index in [0.717, 1.165) is 26.7 Å². The minimum atomic E-state index is -0.720. The highest BCUT2D eigenvalue weighted by Gasteiger charge is 2.19. The molecule has 21 heavy (non-hydrogen) atoms. The first-order chi connectivity index (χ1) is 10.1. The van der Waals surface area contributed by atoms with Crippen LogP contribution in [-0.4, -0.2) is 12.2 Å². The zero-order chi connectivity index (χ0) is 15.0. The fourth-order valence-corrected chi connectivity index (χ4v) is 2.96. The van der Waals surface area contributed by atoms with E-state index in [1.165, 1.54) is 5.56 Å². The lowest BCUT2D eigenvalue weighted by Crippen LogP contribution is -2.04. The van der Waals surface area contributed by atoms with Gasteiger partial charge in [-0.25, -0.2) is 0 Å². The molecule has 3 rings (SSSR count). The van der Waals surface area contributed by atoms with Crippen LogP contribution < -0.4 is 4.74 Å². The highest BCUT2D eigenvalue weighted by atomic mass is 79.9. The van der Waals surface area contributed by atoms with Gasteiger partial charge in [-0.2, -0.15) is 0 Å². The monoisotopic (exact) mass is 348 g/mol. The Morgan fingerprint density at radius 1 is 1.19 bits per heavy atom. The summed E-state index contributed by atoms with van der Waals surface area (Å²) in [5.74, 6) is 0.694. The number of hydrogen-bond acceptors (Lipinski definition) is 3. The number of aliphatic hydroxyl groups excluding tert-OH is 1. The molecule has 0 fully saturated rings. The quantitative estimate of drug-likeness (QED) is 0.914. The van der Waals surface area contributed by atoms with Crippen LogP contribution in [0, 0.1) is 6.92 Å². The fraction of sp³-hybridized carbons (Fsp3) is 0.294. The SMILES string of the molecule is COc1cc(C)c(Br)cc1C(O)c1ccc2c(c1)COC2. The molecule has 0 radical (unpaired) electrons. The summed E-state index contributed by atoms with van der Waals surface area (Å²) in [6.45, 7) is 3.27. The van der Waals surface area contributed by atoms with Crippen LogP contribution in [0.25, 0.3) is 0 Å². The van der Waals surface area contributed by atoms with Crippen molar-refractivity contribution in [3.05, 3.63) is 62.6 Å². The van der Waals surface area contributed by atoms with E-state index in [2.05, 4.69) is 15.9 Å². The molecule has 0 aromatic heterocycles. The van der Waals surface area contributed by atoms with Crippen molar-refractivity contribution < 1.29 is 14.6 Å². The lowest BCUT2D eigenvalue weighted by molar-refractivity contribution is 0.134. The highest BCUT2D eigenvalue weighted by Crippen LogP contribution is 2.35. The van der Waals surface area contributed by atoms with Gasteiger partial charge in [-0.1, -0.05) is 34.1 Å². The van der Waals surface area contributed by atoms with E-state index in [0.29, 0.717) is 19.0 Å². The smallest absolute Gasteiger partial charge is 0.125 e. The summed E-state index contributed by atoms with van der Waals surface area (Å²) in [5, 5.41) is 10.7. The molecule has 2 aromatic carbocycles. The lowest BCUT2D eigenvalue weighted by Gasteiger charge is -2.17. The summed E-state index contributed by atoms with van der Waals surface area (Å²) in [5.41, 5.74) is 5.03. The van der Waals surface area contributed by atoms with Gasteiger partial charge in [0.2, 0.25) is 0 Å². The van der Waals surface area contributed by atoms with Gasteiger partial charge in [0.25, 0.3) is 0 Å². The van der Waals surface area contributed by atoms with Gasteiger partial charge in [0.15, 0.2) is 0 Å². The van der Waals surface area contributed by atoms with Gasteiger partial charge in [-0.3, -0.25) is 0 Å². The molecule has 1 aliphatic rings. The largest absolute Gasteiger partial charge is 0.496 e. The van der Waals surface area contributed by atoms with Crippen molar-refractivity contribution in [2.45, 2.75) is 26.2 Å². The maximum absolute atomic E-state index is 10.7. The van der Waals surface area contributed by atoms with Crippen molar-refractivity contribution in [2.75, 3.05) is 7.11 Å². The van der Waals surface area contributed by atoms with E-state index in [9.17, 15) is 5.11 Å². The first-order valence-corrected chi connectivity index (χ1v) is 7.61. The van der Waals surface area contributed by atoms with E-state index in [1.807, 2.05) is 37.3 Å². The Kier molecular flexibility index (Phi) is 4.02. The molecule has 3 nitrogen and oxygen atoms in total. The predicted octanol–water partition coefficient (Wildman–Crippen LogP) is 3.88. The molecular weight excluding hydrogens is 332 g/mol. The average Bonchev–Trinajstić information content (AvgIpc) is 2.96. The van der Waals surface area contributed by atoms with Crippen LogP contribution in [-0.2, 0) is 18.0 Å². The third kappa shape index (κ3) is 2.71. The molecule has 4 heteroatoms. The number of ether oxygens (including phenoxy) is 2. The second kappa shape index (κ2) is 5.79. The summed E-state index contributed by atoms with van der Waals surface area (Å²) in [6, 6.07) is 9.84. The maximum atomic E-state index is 10.7. The first-order valence-electron chi connectivity index (χ1n) is 6.81. The summed E-state index contributed by atoms with van der Waals surface area (Å²) in [7, 11) is 1.62. The number of rotatable bonds is 3. The number of benzene rings is 2. The Bertz CT molecular complexity index is 682. The third-order valence-corrected chi connectivity index (χ3v) is 4.72. The molecule has 0 spiro atoms. The summed E-state index contributed by atoms with van der Waals surface area (Å²) < 4.78 is 11.8. The average molecular weight is 349 g/mol. The molecule has 2 aromatic rings. The van der Waals surface area contributed by atoms with Gasteiger partial charge in [-0.15, -0.1) is 0 Å². The molecule has 1 N–H and O–H groups in total. The van der Waals surface area contributed by atoms with Crippen LogP contribution >= 0.6 is 15.9 Å². The number of aliphatic hydroxyl groups is 1. The van der Waals surface area contributed by atoms with Crippen LogP contribution in [0.2, 0.25) is 0 Å². The van der Waals surface area contributed by atoms with Crippen molar-refractivity contribution in [1.29, 1.82) is 0 Å². The maximum Gasteiger partial charge on any atom is 0.125 e. The van der Waals surface area contributed by atoms with Gasteiger partial charge in [0, 0.05) is 10.0 Å². The zero-order valence-electron chi connectivity index (χ0n) is 12.0. The molecule has 0 amide bonds. The van der Waals surface area contributed by atoms with Crippen molar-refractivity contribution in [2.24, 2.45) is 0 Å². The molecule has 0 saturated heterocycles. The zero-order valence-corrected chi connectivity index (χ0v) is 13.6. The van der Waals surface area contributed by atoms with Crippen molar-refractivity contribution in [3.63, 3.8) is 0 Å². The number of hydrogen-bond donors (Lipinski definition) is 1. The predicted molar refractivity (Wildman–Crippen MR) is 84.4 cm³/mol. The van der Waals surface area contributed by atoms with E-state index < -0.39 is 6.10 Å². The molecule has 0 saturated carbocycles. The van der Waals surface area contributed by atoms with Crippen molar-refractivity contribution >= 4 is 15.9 Å². The minimum Gasteiger partial charge on any atom is -0.496 e. The first kappa shape index (κ1) is 14.6. The van der Waals surface area contributed by atoms with Gasteiger partial charge in [0.05, 0.1) is 20.3 Å². The van der Waals surface area contributed by atoms with Crippen LogP contribution in [0.1, 0.15) is 33.9 Å². The van der Waals surface area contributed by atoms with Gasteiger partial charge in [-0.05, 0) is 41.3 Å². The molecule has 1 atom stereocenters. The number of aryl methyl sites for hydroxylation is 1. The second-order valence-corrected chi connectivity index (χ2v) is 6.12. The van der Waals surface area contributed by atoms with E-state index in [1.54, 1.807) is 7.11 Å². The van der Waals surface area contributed by atoms with Gasteiger partial charge in [0.1, 0.15) is 11.9 Å². The normalized spacial score (nSPS) is 14.9. The van der Waals surface area contributed by atoms with Crippen LogP contribution in [0.4, 0.5) is 0 Å². The second-order valence-electron chi connectivity index (χ2n) is 5.27. The number of fused-ring (bicyclic) bond motifs is 1. The van der Waals surface area contributed by atoms with Crippen LogP contribution in [0.3, 0.4) is 0 Å². The highest BCUT2D eigenvalue weighted by molar-refractivity contribution is 9.10. The Hall–Kier alpha value is -1.36. The van der Waals surface area contributed by atoms with E-state index >= 15 is 0 Å². The standard InChI is InChI=1S/C17H17BrO3/c1-10-5-16(20-2)14(7-15(10)18)17(19)11-3-4-12-8-21-9-13(12)6-11/h3-7,17,19H,8-9H2,1-2H3. The molecule has 1 aliphatic heterocycles. The molecule has 0 aliphatic carbocycles. The summed E-state index contributed by atoms with van der Waals surface area (Å²) >= 11 is 3.51. The third-order valence-electron chi connectivity index (χ3n) is 3.87. The van der Waals surface area contributed by atoms with Crippen LogP contribution in [0.5, 0.6) is 5.75 Å². The molecule has 1 heterocycles. The molecular formula is C17H17BrO3. The van der Waals surface area contributed by atoms with E-state index in [-0.39, 0.29) is 0 Å². The Morgan fingerprint density at radius 3 is 2.71 bits per heavy atom.